The van der Waals surface area contributed by atoms with Gasteiger partial charge in [-0.25, -0.2) is 8.78 Å². The number of nitrogens with two attached hydrogens (primary N) is 1. The van der Waals surface area contributed by atoms with Gasteiger partial charge in [0.1, 0.15) is 6.04 Å². The van der Waals surface area contributed by atoms with Crippen molar-refractivity contribution >= 4 is 23.0 Å². The predicted octanol–water partition coefficient (Wildman–Crippen LogP) is 1.02. The van der Waals surface area contributed by atoms with Gasteiger partial charge in [-0.2, -0.15) is 0 Å². The largest absolute Gasteiger partial charge is 0.480 e. The highest BCUT2D eigenvalue weighted by atomic mass is 79.9. The zero-order valence-electron chi connectivity index (χ0n) is 5.88. The number of alkyl halides is 2. The Labute approximate surface area is 73.3 Å². The standard InChI is InChI=1S/C5H9F2NO2.BrH/c1-5(6,7)2-3(8)4(9)10;/h3H,2,8H2,1H3,(H,9,10);1H. The Bertz CT molecular complexity index is 137. The first-order chi connectivity index (χ1) is 4.33. The van der Waals surface area contributed by atoms with E-state index >= 15 is 0 Å². The van der Waals surface area contributed by atoms with E-state index in [4.69, 9.17) is 10.8 Å². The van der Waals surface area contributed by atoms with Gasteiger partial charge in [-0.3, -0.25) is 4.79 Å². The van der Waals surface area contributed by atoms with Crippen molar-refractivity contribution in [2.24, 2.45) is 5.73 Å². The summed E-state index contributed by atoms with van der Waals surface area (Å²) in [4.78, 5) is 9.92. The Morgan fingerprint density at radius 2 is 2.09 bits per heavy atom. The Morgan fingerprint density at radius 3 is 2.18 bits per heavy atom. The molecule has 0 aromatic rings. The average molecular weight is 234 g/mol. The van der Waals surface area contributed by atoms with E-state index in [0.29, 0.717) is 6.92 Å². The van der Waals surface area contributed by atoms with Crippen molar-refractivity contribution in [2.75, 3.05) is 0 Å². The van der Waals surface area contributed by atoms with Crippen LogP contribution in [-0.2, 0) is 4.79 Å². The Balaban J connectivity index is 0. The Morgan fingerprint density at radius 1 is 1.73 bits per heavy atom. The minimum atomic E-state index is -3.00. The fraction of sp³-hybridized carbons (Fsp3) is 0.800. The van der Waals surface area contributed by atoms with E-state index in [1.807, 2.05) is 0 Å². The number of hydrogen-bond donors (Lipinski definition) is 2. The van der Waals surface area contributed by atoms with E-state index in [9.17, 15) is 13.6 Å². The van der Waals surface area contributed by atoms with Crippen LogP contribution in [0.15, 0.2) is 0 Å². The summed E-state index contributed by atoms with van der Waals surface area (Å²) >= 11 is 0. The summed E-state index contributed by atoms with van der Waals surface area (Å²) in [6, 6.07) is -1.47. The molecule has 0 heterocycles. The fourth-order valence-electron chi connectivity index (χ4n) is 0.473. The van der Waals surface area contributed by atoms with Gasteiger partial charge in [0, 0.05) is 6.42 Å². The van der Waals surface area contributed by atoms with Crippen LogP contribution in [0.25, 0.3) is 0 Å². The molecule has 1 unspecified atom stereocenters. The maximum atomic E-state index is 12.0. The van der Waals surface area contributed by atoms with Crippen molar-refractivity contribution in [3.63, 3.8) is 0 Å². The summed E-state index contributed by atoms with van der Waals surface area (Å²) in [6.07, 6.45) is -0.817. The molecule has 0 saturated heterocycles. The Kier molecular flexibility index (Phi) is 5.60. The highest BCUT2D eigenvalue weighted by Gasteiger charge is 2.28. The molecule has 0 bridgehead atoms. The molecule has 1 atom stereocenters. The first-order valence-electron chi connectivity index (χ1n) is 2.69. The van der Waals surface area contributed by atoms with E-state index in [2.05, 4.69) is 0 Å². The summed E-state index contributed by atoms with van der Waals surface area (Å²) in [5, 5.41) is 8.09. The topological polar surface area (TPSA) is 63.3 Å². The molecule has 0 aliphatic carbocycles. The molecule has 0 aliphatic rings. The quantitative estimate of drug-likeness (QED) is 0.766. The van der Waals surface area contributed by atoms with E-state index in [0.717, 1.165) is 0 Å². The molecular weight excluding hydrogens is 224 g/mol. The fourth-order valence-corrected chi connectivity index (χ4v) is 0.473. The SMILES string of the molecule is Br.CC(F)(F)CC(N)C(=O)O. The molecule has 3 N–H and O–H groups in total. The number of carbonyl (C=O) groups is 1. The van der Waals surface area contributed by atoms with Gasteiger partial charge in [-0.15, -0.1) is 17.0 Å². The summed E-state index contributed by atoms with van der Waals surface area (Å²) in [5.74, 6) is -4.40. The van der Waals surface area contributed by atoms with Gasteiger partial charge >= 0.3 is 5.97 Å². The third-order valence-electron chi connectivity index (χ3n) is 0.896. The van der Waals surface area contributed by atoms with Crippen LogP contribution in [0.2, 0.25) is 0 Å². The van der Waals surface area contributed by atoms with Crippen LogP contribution in [0.5, 0.6) is 0 Å². The van der Waals surface area contributed by atoms with Crippen LogP contribution in [0.3, 0.4) is 0 Å². The summed E-state index contributed by atoms with van der Waals surface area (Å²) in [7, 11) is 0. The Hall–Kier alpha value is -0.230. The maximum Gasteiger partial charge on any atom is 0.320 e. The van der Waals surface area contributed by atoms with Crippen molar-refractivity contribution in [3.8, 4) is 0 Å². The molecule has 0 spiro atoms. The molecule has 6 heteroatoms. The monoisotopic (exact) mass is 233 g/mol. The number of hydrogen-bond acceptors (Lipinski definition) is 2. The first-order valence-corrected chi connectivity index (χ1v) is 2.69. The van der Waals surface area contributed by atoms with Crippen LogP contribution in [0, 0.1) is 0 Å². The molecular formula is C5H10BrF2NO2. The first kappa shape index (κ1) is 13.4. The summed E-state index contributed by atoms with van der Waals surface area (Å²) < 4.78 is 24.0. The van der Waals surface area contributed by atoms with Crippen molar-refractivity contribution in [2.45, 2.75) is 25.3 Å². The van der Waals surface area contributed by atoms with Gasteiger partial charge in [0.25, 0.3) is 0 Å². The highest BCUT2D eigenvalue weighted by molar-refractivity contribution is 8.93. The number of aliphatic carboxylic acids is 1. The third kappa shape index (κ3) is 7.67. The van der Waals surface area contributed by atoms with Gasteiger partial charge < -0.3 is 10.8 Å². The molecule has 0 radical (unpaired) electrons. The smallest absolute Gasteiger partial charge is 0.320 e. The molecule has 0 rings (SSSR count). The molecule has 11 heavy (non-hydrogen) atoms. The van der Waals surface area contributed by atoms with Gasteiger partial charge in [-0.1, -0.05) is 0 Å². The van der Waals surface area contributed by atoms with Crippen LogP contribution in [-0.4, -0.2) is 23.0 Å². The number of carboxylic acid groups (broad SMARTS) is 1. The lowest BCUT2D eigenvalue weighted by atomic mass is 10.1. The lowest BCUT2D eigenvalue weighted by Crippen LogP contribution is -2.35. The number of rotatable bonds is 3. The second-order valence-corrected chi connectivity index (χ2v) is 2.22. The third-order valence-corrected chi connectivity index (χ3v) is 0.896. The number of carboxylic acids is 1. The summed E-state index contributed by atoms with van der Waals surface area (Å²) in [5.41, 5.74) is 4.82. The second kappa shape index (κ2) is 4.61. The molecule has 0 aromatic heterocycles. The molecule has 0 fully saturated rings. The predicted molar refractivity (Wildman–Crippen MR) is 41.2 cm³/mol. The van der Waals surface area contributed by atoms with Gasteiger partial charge in [0.2, 0.25) is 5.92 Å². The van der Waals surface area contributed by atoms with Gasteiger partial charge in [-0.05, 0) is 6.92 Å². The lowest BCUT2D eigenvalue weighted by molar-refractivity contribution is -0.140. The van der Waals surface area contributed by atoms with Crippen molar-refractivity contribution in [3.05, 3.63) is 0 Å². The number of halogens is 3. The van der Waals surface area contributed by atoms with Gasteiger partial charge in [0.15, 0.2) is 0 Å². The minimum Gasteiger partial charge on any atom is -0.480 e. The zero-order chi connectivity index (χ0) is 8.36. The van der Waals surface area contributed by atoms with Crippen molar-refractivity contribution in [1.82, 2.24) is 0 Å². The van der Waals surface area contributed by atoms with E-state index < -0.39 is 24.4 Å². The molecule has 3 nitrogen and oxygen atoms in total. The zero-order valence-corrected chi connectivity index (χ0v) is 7.59. The normalized spacial score (nSPS) is 13.5. The molecule has 0 aromatic carbocycles. The maximum absolute atomic E-state index is 12.0. The minimum absolute atomic E-state index is 0. The van der Waals surface area contributed by atoms with Crippen molar-refractivity contribution < 1.29 is 18.7 Å². The second-order valence-electron chi connectivity index (χ2n) is 2.22. The molecule has 68 valence electrons. The van der Waals surface area contributed by atoms with Gasteiger partial charge in [0.05, 0.1) is 0 Å². The van der Waals surface area contributed by atoms with E-state index in [1.54, 1.807) is 0 Å². The van der Waals surface area contributed by atoms with E-state index in [1.165, 1.54) is 0 Å². The van der Waals surface area contributed by atoms with E-state index in [-0.39, 0.29) is 17.0 Å². The molecule has 0 saturated carbocycles. The molecule has 0 aliphatic heterocycles. The van der Waals surface area contributed by atoms with Crippen LogP contribution < -0.4 is 5.73 Å². The highest BCUT2D eigenvalue weighted by Crippen LogP contribution is 2.17. The summed E-state index contributed by atoms with van der Waals surface area (Å²) in [6.45, 7) is 0.635. The van der Waals surface area contributed by atoms with Crippen LogP contribution >= 0.6 is 17.0 Å². The van der Waals surface area contributed by atoms with Crippen molar-refractivity contribution in [1.29, 1.82) is 0 Å². The lowest BCUT2D eigenvalue weighted by Gasteiger charge is -2.12. The molecule has 0 amide bonds. The van der Waals surface area contributed by atoms with Crippen LogP contribution in [0.4, 0.5) is 8.78 Å². The van der Waals surface area contributed by atoms with Crippen LogP contribution in [0.1, 0.15) is 13.3 Å². The average Bonchev–Trinajstić information content (AvgIpc) is 1.60.